The van der Waals surface area contributed by atoms with E-state index in [1.165, 1.54) is 0 Å². The zero-order valence-electron chi connectivity index (χ0n) is 18.2. The van der Waals surface area contributed by atoms with Gasteiger partial charge >= 0.3 is 0 Å². The Bertz CT molecular complexity index is 1280. The first-order valence-electron chi connectivity index (χ1n) is 9.80. The van der Waals surface area contributed by atoms with E-state index in [0.717, 1.165) is 16.9 Å². The van der Waals surface area contributed by atoms with Crippen LogP contribution in [0.5, 0.6) is 23.0 Å². The second-order valence-electron chi connectivity index (χ2n) is 6.89. The van der Waals surface area contributed by atoms with E-state index in [1.807, 2.05) is 36.4 Å². The Morgan fingerprint density at radius 1 is 1.03 bits per heavy atom. The molecule has 0 saturated carbocycles. The Balaban J connectivity index is 1.83. The smallest absolute Gasteiger partial charge is 0.203 e. The minimum absolute atomic E-state index is 0.438. The van der Waals surface area contributed by atoms with Crippen molar-refractivity contribution in [1.82, 2.24) is 14.6 Å². The summed E-state index contributed by atoms with van der Waals surface area (Å²) in [5, 5.41) is 16.0. The van der Waals surface area contributed by atoms with Crippen molar-refractivity contribution in [3.8, 4) is 40.3 Å². The molecule has 0 unspecified atom stereocenters. The molecule has 0 saturated heterocycles. The molecule has 0 aliphatic heterocycles. The molecule has 0 aliphatic rings. The predicted octanol–water partition coefficient (Wildman–Crippen LogP) is 3.85. The van der Waals surface area contributed by atoms with Gasteiger partial charge < -0.3 is 24.3 Å². The van der Waals surface area contributed by atoms with Gasteiger partial charge in [0, 0.05) is 18.3 Å². The molecular weight excluding hydrogens is 410 g/mol. The Morgan fingerprint density at radius 3 is 2.41 bits per heavy atom. The van der Waals surface area contributed by atoms with E-state index in [9.17, 15) is 5.26 Å². The van der Waals surface area contributed by atoms with Crippen LogP contribution in [0.15, 0.2) is 42.6 Å². The molecule has 0 spiro atoms. The number of benzene rings is 2. The number of methoxy groups -OCH3 is 4. The van der Waals surface area contributed by atoms with Crippen LogP contribution >= 0.6 is 0 Å². The molecule has 32 heavy (non-hydrogen) atoms. The minimum Gasteiger partial charge on any atom is -0.497 e. The van der Waals surface area contributed by atoms with E-state index >= 15 is 0 Å². The van der Waals surface area contributed by atoms with Crippen LogP contribution in [0.1, 0.15) is 11.1 Å². The minimum atomic E-state index is 0.438. The number of aromatic nitrogens is 3. The molecule has 9 nitrogen and oxygen atoms in total. The number of ether oxygens (including phenoxy) is 4. The van der Waals surface area contributed by atoms with Gasteiger partial charge in [0.1, 0.15) is 23.1 Å². The fourth-order valence-corrected chi connectivity index (χ4v) is 3.55. The van der Waals surface area contributed by atoms with E-state index in [-0.39, 0.29) is 0 Å². The van der Waals surface area contributed by atoms with Crippen molar-refractivity contribution in [3.05, 3.63) is 53.7 Å². The average molecular weight is 433 g/mol. The lowest BCUT2D eigenvalue weighted by molar-refractivity contribution is 0.324. The van der Waals surface area contributed by atoms with Crippen molar-refractivity contribution >= 4 is 11.5 Å². The van der Waals surface area contributed by atoms with Crippen LogP contribution in [0.25, 0.3) is 16.9 Å². The summed E-state index contributed by atoms with van der Waals surface area (Å²) in [7, 11) is 6.32. The number of nitrogens with one attached hydrogen (secondary N) is 2. The molecular formula is C23H23N5O4. The number of nitrogens with zero attached hydrogens (tertiary/aromatic N) is 3. The van der Waals surface area contributed by atoms with Crippen LogP contribution in [0, 0.1) is 11.3 Å². The highest BCUT2D eigenvalue weighted by Crippen LogP contribution is 2.42. The number of imidazole rings is 1. The van der Waals surface area contributed by atoms with Crippen molar-refractivity contribution in [2.75, 3.05) is 33.8 Å². The monoisotopic (exact) mass is 433 g/mol. The molecule has 2 aromatic carbocycles. The van der Waals surface area contributed by atoms with Crippen molar-refractivity contribution in [2.45, 2.75) is 6.54 Å². The van der Waals surface area contributed by atoms with Gasteiger partial charge in [-0.2, -0.15) is 5.26 Å². The summed E-state index contributed by atoms with van der Waals surface area (Å²) in [5.74, 6) is 2.99. The zero-order chi connectivity index (χ0) is 22.7. The van der Waals surface area contributed by atoms with Crippen molar-refractivity contribution in [1.29, 1.82) is 5.26 Å². The van der Waals surface area contributed by atoms with Crippen molar-refractivity contribution in [3.63, 3.8) is 0 Å². The van der Waals surface area contributed by atoms with Crippen LogP contribution in [-0.2, 0) is 6.54 Å². The molecule has 9 heteroatoms. The first-order valence-corrected chi connectivity index (χ1v) is 9.80. The van der Waals surface area contributed by atoms with Crippen molar-refractivity contribution in [2.24, 2.45) is 0 Å². The summed E-state index contributed by atoms with van der Waals surface area (Å²) in [6, 6.07) is 13.6. The van der Waals surface area contributed by atoms with Gasteiger partial charge in [0.15, 0.2) is 23.0 Å². The molecule has 0 aliphatic carbocycles. The molecule has 0 bridgehead atoms. The molecule has 2 heterocycles. The second-order valence-corrected chi connectivity index (χ2v) is 6.89. The van der Waals surface area contributed by atoms with E-state index in [1.54, 1.807) is 39.2 Å². The number of nitriles is 1. The van der Waals surface area contributed by atoms with Gasteiger partial charge in [0.2, 0.25) is 5.75 Å². The molecule has 164 valence electrons. The first-order chi connectivity index (χ1) is 15.6. The van der Waals surface area contributed by atoms with Gasteiger partial charge in [0.25, 0.3) is 0 Å². The Labute approximate surface area is 185 Å². The van der Waals surface area contributed by atoms with Crippen LogP contribution in [0.3, 0.4) is 0 Å². The number of hydrogen-bond acceptors (Lipinski definition) is 7. The largest absolute Gasteiger partial charge is 0.497 e. The lowest BCUT2D eigenvalue weighted by Crippen LogP contribution is -2.04. The van der Waals surface area contributed by atoms with E-state index < -0.39 is 0 Å². The lowest BCUT2D eigenvalue weighted by Gasteiger charge is -2.14. The first kappa shape index (κ1) is 20.9. The summed E-state index contributed by atoms with van der Waals surface area (Å²) < 4.78 is 23.5. The quantitative estimate of drug-likeness (QED) is 0.435. The van der Waals surface area contributed by atoms with Gasteiger partial charge in [0.05, 0.1) is 28.4 Å². The molecule has 0 fully saturated rings. The molecule has 4 rings (SSSR count). The third-order valence-electron chi connectivity index (χ3n) is 5.11. The average Bonchev–Trinajstić information content (AvgIpc) is 3.40. The molecule has 0 atom stereocenters. The molecule has 0 radical (unpaired) electrons. The van der Waals surface area contributed by atoms with Gasteiger partial charge in [-0.25, -0.2) is 9.50 Å². The number of aromatic amines is 1. The van der Waals surface area contributed by atoms with Crippen molar-refractivity contribution < 1.29 is 18.9 Å². The molecule has 4 aromatic rings. The van der Waals surface area contributed by atoms with Gasteiger partial charge in [-0.15, -0.1) is 0 Å². The summed E-state index contributed by atoms with van der Waals surface area (Å²) in [6.07, 6.45) is 1.62. The number of rotatable bonds is 8. The van der Waals surface area contributed by atoms with E-state index in [4.69, 9.17) is 23.9 Å². The molecule has 2 N–H and O–H groups in total. The third-order valence-corrected chi connectivity index (χ3v) is 5.11. The van der Waals surface area contributed by atoms with Crippen LogP contribution in [0.4, 0.5) is 5.82 Å². The lowest BCUT2D eigenvalue weighted by atomic mass is 10.1. The fraction of sp³-hybridized carbons (Fsp3) is 0.217. The Hall–Kier alpha value is -4.32. The molecule has 2 aromatic heterocycles. The summed E-state index contributed by atoms with van der Waals surface area (Å²) in [5.41, 5.74) is 3.36. The van der Waals surface area contributed by atoms with E-state index in [2.05, 4.69) is 16.5 Å². The number of fused-ring (bicyclic) bond motifs is 1. The third kappa shape index (κ3) is 3.63. The highest BCUT2D eigenvalue weighted by atomic mass is 16.5. The predicted molar refractivity (Wildman–Crippen MR) is 120 cm³/mol. The normalized spacial score (nSPS) is 10.6. The Morgan fingerprint density at radius 2 is 1.78 bits per heavy atom. The van der Waals surface area contributed by atoms with Crippen LogP contribution in [-0.4, -0.2) is 43.0 Å². The number of H-pyrrole nitrogens is 1. The maximum absolute atomic E-state index is 9.48. The van der Waals surface area contributed by atoms with Gasteiger partial charge in [-0.3, -0.25) is 5.10 Å². The summed E-state index contributed by atoms with van der Waals surface area (Å²) in [6.45, 7) is 0.517. The highest BCUT2D eigenvalue weighted by molar-refractivity contribution is 5.80. The summed E-state index contributed by atoms with van der Waals surface area (Å²) in [4.78, 5) is 4.74. The standard InChI is InChI=1S/C23H23N5O4/c1-29-17-7-5-6-14(8-17)12-25-23-20(27-22-16(11-24)13-26-28(22)23)15-9-18(30-2)21(32-4)19(10-15)31-3/h5-10,13,25-26H,12H2,1-4H3. The maximum atomic E-state index is 9.48. The van der Waals surface area contributed by atoms with Gasteiger partial charge in [-0.05, 0) is 29.8 Å². The Kier molecular flexibility index (Phi) is 5.77. The SMILES string of the molecule is COc1cccc(CNc2c(-c3cc(OC)c(OC)c(OC)c3)nc3c(C#N)c[nH]n23)c1. The van der Waals surface area contributed by atoms with Gasteiger partial charge in [-0.1, -0.05) is 12.1 Å². The number of hydrogen-bond donors (Lipinski definition) is 2. The molecule has 0 amide bonds. The van der Waals surface area contributed by atoms with Crippen LogP contribution in [0.2, 0.25) is 0 Å². The maximum Gasteiger partial charge on any atom is 0.203 e. The fourth-order valence-electron chi connectivity index (χ4n) is 3.55. The highest BCUT2D eigenvalue weighted by Gasteiger charge is 2.21. The summed E-state index contributed by atoms with van der Waals surface area (Å²) >= 11 is 0. The second kappa shape index (κ2) is 8.81. The zero-order valence-corrected chi connectivity index (χ0v) is 18.2. The topological polar surface area (TPSA) is 106 Å². The van der Waals surface area contributed by atoms with Crippen LogP contribution < -0.4 is 24.3 Å². The number of anilines is 1. The van der Waals surface area contributed by atoms with E-state index in [0.29, 0.717) is 46.5 Å².